The van der Waals surface area contributed by atoms with Crippen LogP contribution in [-0.2, 0) is 19.3 Å². The summed E-state index contributed by atoms with van der Waals surface area (Å²) in [5, 5.41) is 2.63. The number of thiazole rings is 1. The van der Waals surface area contributed by atoms with E-state index in [0.717, 1.165) is 21.5 Å². The topological polar surface area (TPSA) is 78.0 Å². The number of rotatable bonds is 6. The van der Waals surface area contributed by atoms with Crippen molar-refractivity contribution in [3.05, 3.63) is 57.0 Å². The number of hydrogen-bond donors (Lipinski definition) is 0. The molecule has 0 N–H and O–H groups in total. The van der Waals surface area contributed by atoms with E-state index in [2.05, 4.69) is 20.9 Å². The summed E-state index contributed by atoms with van der Waals surface area (Å²) in [6.07, 6.45) is 1.50. The molecule has 1 aliphatic rings. The highest BCUT2D eigenvalue weighted by Crippen LogP contribution is 2.29. The summed E-state index contributed by atoms with van der Waals surface area (Å²) in [6.45, 7) is 0. The van der Waals surface area contributed by atoms with Crippen LogP contribution in [0.4, 0.5) is 0 Å². The van der Waals surface area contributed by atoms with Crippen molar-refractivity contribution in [1.82, 2.24) is 10.2 Å². The lowest BCUT2D eigenvalue weighted by molar-refractivity contribution is -0.304. The van der Waals surface area contributed by atoms with Crippen LogP contribution in [0, 0.1) is 0 Å². The summed E-state index contributed by atoms with van der Waals surface area (Å²) in [7, 11) is 1.33. The van der Waals surface area contributed by atoms with Crippen LogP contribution in [0.2, 0.25) is 0 Å². The zero-order valence-electron chi connectivity index (χ0n) is 13.8. The number of ether oxygens (including phenoxy) is 1. The van der Waals surface area contributed by atoms with Crippen molar-refractivity contribution in [2.24, 2.45) is 0 Å². The van der Waals surface area contributed by atoms with Crippen LogP contribution in [0.5, 0.6) is 5.75 Å². The first kappa shape index (κ1) is 18.6. The molecule has 26 heavy (non-hydrogen) atoms. The van der Waals surface area contributed by atoms with Gasteiger partial charge in [-0.25, -0.2) is 14.6 Å². The Balaban J connectivity index is 1.73. The highest BCUT2D eigenvalue weighted by molar-refractivity contribution is 9.10. The second-order valence-corrected chi connectivity index (χ2v) is 7.05. The standard InChI is InChI=1S/C17H15BrN2O5S/c1-20-24-16(21)8-11(17(22)25-20)2-7-15(14-9-26-10-19-14)23-13-5-3-12(18)4-6-13/h3-6,8-10,15H,2,7H2,1H3. The fraction of sp³-hybridized carbons (Fsp3) is 0.235. The second-order valence-electron chi connectivity index (χ2n) is 5.41. The predicted octanol–water partition coefficient (Wildman–Crippen LogP) is 3.59. The number of hydrogen-bond acceptors (Lipinski definition) is 8. The molecule has 1 unspecified atom stereocenters. The normalized spacial score (nSPS) is 16.3. The van der Waals surface area contributed by atoms with Gasteiger partial charge in [0.05, 0.1) is 18.3 Å². The number of nitrogens with zero attached hydrogens (tertiary/aromatic N) is 2. The van der Waals surface area contributed by atoms with Gasteiger partial charge in [-0.15, -0.1) is 11.3 Å². The lowest BCUT2D eigenvalue weighted by Gasteiger charge is -2.18. The number of halogens is 1. The van der Waals surface area contributed by atoms with Crippen LogP contribution < -0.4 is 4.74 Å². The molecule has 0 saturated heterocycles. The molecule has 2 heterocycles. The maximum atomic E-state index is 12.0. The Kier molecular flexibility index (Phi) is 6.02. The number of carbonyl (C=O) groups excluding carboxylic acids is 2. The molecule has 0 fully saturated rings. The van der Waals surface area contributed by atoms with Crippen molar-refractivity contribution in [2.45, 2.75) is 18.9 Å². The first-order chi connectivity index (χ1) is 12.5. The van der Waals surface area contributed by atoms with Crippen molar-refractivity contribution < 1.29 is 24.0 Å². The highest BCUT2D eigenvalue weighted by Gasteiger charge is 2.25. The van der Waals surface area contributed by atoms with Gasteiger partial charge in [0.1, 0.15) is 11.9 Å². The molecule has 136 valence electrons. The molecule has 1 atom stereocenters. The highest BCUT2D eigenvalue weighted by atomic mass is 79.9. The van der Waals surface area contributed by atoms with Gasteiger partial charge in [0.25, 0.3) is 0 Å². The first-order valence-corrected chi connectivity index (χ1v) is 9.43. The molecule has 7 nitrogen and oxygen atoms in total. The van der Waals surface area contributed by atoms with E-state index in [4.69, 9.17) is 14.4 Å². The summed E-state index contributed by atoms with van der Waals surface area (Å²) < 4.78 is 6.98. The monoisotopic (exact) mass is 438 g/mol. The molecule has 0 spiro atoms. The Morgan fingerprint density at radius 3 is 2.73 bits per heavy atom. The smallest absolute Gasteiger partial charge is 0.356 e. The van der Waals surface area contributed by atoms with E-state index >= 15 is 0 Å². The van der Waals surface area contributed by atoms with E-state index in [1.165, 1.54) is 18.4 Å². The Bertz CT molecular complexity index is 807. The number of benzene rings is 1. The number of hydroxylamine groups is 2. The largest absolute Gasteiger partial charge is 0.484 e. The minimum absolute atomic E-state index is 0.221. The van der Waals surface area contributed by atoms with Crippen LogP contribution >= 0.6 is 27.3 Å². The molecular formula is C17H15BrN2O5S. The van der Waals surface area contributed by atoms with Gasteiger partial charge in [0.15, 0.2) is 0 Å². The van der Waals surface area contributed by atoms with Gasteiger partial charge in [-0.2, -0.15) is 0 Å². The van der Waals surface area contributed by atoms with Crippen LogP contribution in [-0.4, -0.2) is 29.2 Å². The molecule has 1 aromatic carbocycles. The van der Waals surface area contributed by atoms with Crippen molar-refractivity contribution in [3.63, 3.8) is 0 Å². The molecule has 9 heteroatoms. The van der Waals surface area contributed by atoms with E-state index in [1.54, 1.807) is 5.51 Å². The summed E-state index contributed by atoms with van der Waals surface area (Å²) in [5.74, 6) is -0.603. The zero-order chi connectivity index (χ0) is 18.5. The first-order valence-electron chi connectivity index (χ1n) is 7.70. The lowest BCUT2D eigenvalue weighted by Crippen LogP contribution is -2.23. The molecule has 0 radical (unpaired) electrons. The average molecular weight is 439 g/mol. The summed E-state index contributed by atoms with van der Waals surface area (Å²) in [5.41, 5.74) is 2.71. The molecule has 0 saturated carbocycles. The van der Waals surface area contributed by atoms with E-state index < -0.39 is 11.9 Å². The summed E-state index contributed by atoms with van der Waals surface area (Å²) in [4.78, 5) is 37.6. The number of aromatic nitrogens is 1. The molecule has 0 aliphatic carbocycles. The van der Waals surface area contributed by atoms with Crippen LogP contribution in [0.1, 0.15) is 24.6 Å². The van der Waals surface area contributed by atoms with Crippen molar-refractivity contribution in [1.29, 1.82) is 0 Å². The van der Waals surface area contributed by atoms with Gasteiger partial charge in [0.2, 0.25) is 0 Å². The Hall–Kier alpha value is -2.23. The van der Waals surface area contributed by atoms with Crippen LogP contribution in [0.15, 0.2) is 51.3 Å². The fourth-order valence-electron chi connectivity index (χ4n) is 2.33. The summed E-state index contributed by atoms with van der Waals surface area (Å²) >= 11 is 4.85. The maximum Gasteiger partial charge on any atom is 0.356 e. The van der Waals surface area contributed by atoms with Gasteiger partial charge < -0.3 is 14.4 Å². The quantitative estimate of drug-likeness (QED) is 0.681. The van der Waals surface area contributed by atoms with Crippen molar-refractivity contribution >= 4 is 39.2 Å². The molecule has 3 rings (SSSR count). The predicted molar refractivity (Wildman–Crippen MR) is 96.9 cm³/mol. The zero-order valence-corrected chi connectivity index (χ0v) is 16.2. The Morgan fingerprint density at radius 1 is 1.27 bits per heavy atom. The van der Waals surface area contributed by atoms with Gasteiger partial charge >= 0.3 is 11.9 Å². The molecule has 2 aromatic rings. The fourth-order valence-corrected chi connectivity index (χ4v) is 3.19. The minimum atomic E-state index is -0.660. The minimum Gasteiger partial charge on any atom is -0.484 e. The van der Waals surface area contributed by atoms with Gasteiger partial charge in [0, 0.05) is 26.7 Å². The van der Waals surface area contributed by atoms with Gasteiger partial charge in [-0.05, 0) is 37.1 Å². The van der Waals surface area contributed by atoms with Crippen molar-refractivity contribution in [3.8, 4) is 5.75 Å². The second kappa shape index (κ2) is 8.43. The third-order valence-electron chi connectivity index (χ3n) is 3.53. The van der Waals surface area contributed by atoms with E-state index in [9.17, 15) is 9.59 Å². The molecule has 1 aliphatic heterocycles. The van der Waals surface area contributed by atoms with Crippen LogP contribution in [0.25, 0.3) is 0 Å². The average Bonchev–Trinajstić information content (AvgIpc) is 3.09. The molecule has 1 aromatic heterocycles. The summed E-state index contributed by atoms with van der Waals surface area (Å²) in [6, 6.07) is 7.44. The van der Waals surface area contributed by atoms with E-state index in [-0.39, 0.29) is 18.1 Å². The third-order valence-corrected chi connectivity index (χ3v) is 4.67. The Labute approximate surface area is 162 Å². The third kappa shape index (κ3) is 4.90. The maximum absolute atomic E-state index is 12.0. The van der Waals surface area contributed by atoms with Crippen molar-refractivity contribution in [2.75, 3.05) is 7.05 Å². The van der Waals surface area contributed by atoms with Gasteiger partial charge in [-0.1, -0.05) is 15.9 Å². The van der Waals surface area contributed by atoms with Crippen LogP contribution in [0.3, 0.4) is 0 Å². The van der Waals surface area contributed by atoms with E-state index in [0.29, 0.717) is 12.2 Å². The SMILES string of the molecule is CN1OC(=O)C=C(CCC(Oc2ccc(Br)cc2)c2cscn2)C(=O)O1. The Morgan fingerprint density at radius 2 is 2.04 bits per heavy atom. The number of carbonyl (C=O) groups is 2. The molecular weight excluding hydrogens is 424 g/mol. The molecule has 0 bridgehead atoms. The van der Waals surface area contributed by atoms with E-state index in [1.807, 2.05) is 29.6 Å². The molecule has 0 amide bonds. The lowest BCUT2D eigenvalue weighted by atomic mass is 10.0. The van der Waals surface area contributed by atoms with Gasteiger partial charge in [-0.3, -0.25) is 0 Å².